The van der Waals surface area contributed by atoms with E-state index in [0.717, 1.165) is 23.4 Å². The summed E-state index contributed by atoms with van der Waals surface area (Å²) in [6.07, 6.45) is 11.3. The fourth-order valence-corrected chi connectivity index (χ4v) is 3.10. The zero-order valence-electron chi connectivity index (χ0n) is 8.98. The van der Waals surface area contributed by atoms with Crippen molar-refractivity contribution in [2.75, 3.05) is 5.32 Å². The molecule has 0 radical (unpaired) electrons. The van der Waals surface area contributed by atoms with Crippen molar-refractivity contribution in [1.82, 2.24) is 10.2 Å². The quantitative estimate of drug-likeness (QED) is 0.741. The van der Waals surface area contributed by atoms with Gasteiger partial charge >= 0.3 is 0 Å². The van der Waals surface area contributed by atoms with Crippen molar-refractivity contribution in [2.24, 2.45) is 17.8 Å². The molecule has 80 valence electrons. The first-order valence-corrected chi connectivity index (χ1v) is 5.76. The van der Waals surface area contributed by atoms with E-state index in [1.165, 1.54) is 12.8 Å². The number of anilines is 1. The van der Waals surface area contributed by atoms with Crippen LogP contribution in [0, 0.1) is 17.8 Å². The second kappa shape index (κ2) is 3.40. The number of rotatable bonds is 3. The summed E-state index contributed by atoms with van der Waals surface area (Å²) in [7, 11) is 0. The summed E-state index contributed by atoms with van der Waals surface area (Å²) in [4.78, 5) is 0. The molecular formula is C12H17N3. The van der Waals surface area contributed by atoms with Crippen molar-refractivity contribution in [3.8, 4) is 0 Å². The van der Waals surface area contributed by atoms with Gasteiger partial charge in [0.25, 0.3) is 0 Å². The number of hydrogen-bond acceptors (Lipinski definition) is 2. The third kappa shape index (κ3) is 1.56. The van der Waals surface area contributed by atoms with Crippen molar-refractivity contribution < 1.29 is 0 Å². The lowest BCUT2D eigenvalue weighted by atomic mass is 9.87. The van der Waals surface area contributed by atoms with Crippen LogP contribution < -0.4 is 5.32 Å². The molecule has 0 aromatic carbocycles. The molecule has 1 aromatic heterocycles. The molecule has 3 nitrogen and oxygen atoms in total. The lowest BCUT2D eigenvalue weighted by Gasteiger charge is -2.26. The largest absolute Gasteiger partial charge is 0.380 e. The maximum Gasteiger partial charge on any atom is 0.0725 e. The summed E-state index contributed by atoms with van der Waals surface area (Å²) in [6.45, 7) is 2.28. The zero-order chi connectivity index (χ0) is 10.3. The van der Waals surface area contributed by atoms with Crippen LogP contribution in [0.4, 0.5) is 5.69 Å². The van der Waals surface area contributed by atoms with E-state index in [-0.39, 0.29) is 0 Å². The van der Waals surface area contributed by atoms with Gasteiger partial charge in [0.1, 0.15) is 0 Å². The Balaban J connectivity index is 1.66. The number of hydrogen-bond donors (Lipinski definition) is 2. The predicted octanol–water partition coefficient (Wildman–Crippen LogP) is 2.42. The molecule has 2 aliphatic rings. The van der Waals surface area contributed by atoms with Crippen LogP contribution in [-0.4, -0.2) is 16.2 Å². The average molecular weight is 203 g/mol. The highest BCUT2D eigenvalue weighted by atomic mass is 15.1. The average Bonchev–Trinajstić information content (AvgIpc) is 2.93. The van der Waals surface area contributed by atoms with Gasteiger partial charge in [-0.2, -0.15) is 5.10 Å². The molecule has 4 unspecified atom stereocenters. The topological polar surface area (TPSA) is 40.7 Å². The maximum absolute atomic E-state index is 3.95. The van der Waals surface area contributed by atoms with Gasteiger partial charge in [-0.3, -0.25) is 5.10 Å². The third-order valence-corrected chi connectivity index (χ3v) is 3.87. The molecule has 0 amide bonds. The molecule has 1 saturated carbocycles. The third-order valence-electron chi connectivity index (χ3n) is 3.87. The van der Waals surface area contributed by atoms with Crippen molar-refractivity contribution >= 4 is 5.69 Å². The smallest absolute Gasteiger partial charge is 0.0725 e. The summed E-state index contributed by atoms with van der Waals surface area (Å²) >= 11 is 0. The number of H-pyrrole nitrogens is 1. The number of fused-ring (bicyclic) bond motifs is 2. The Hall–Kier alpha value is -1.25. The molecule has 0 saturated heterocycles. The van der Waals surface area contributed by atoms with Crippen LogP contribution in [0.5, 0.6) is 0 Å². The minimum Gasteiger partial charge on any atom is -0.380 e. The lowest BCUT2D eigenvalue weighted by molar-refractivity contribution is 0.400. The van der Waals surface area contributed by atoms with Crippen LogP contribution >= 0.6 is 0 Å². The monoisotopic (exact) mass is 203 g/mol. The first-order valence-electron chi connectivity index (χ1n) is 5.76. The molecule has 4 atom stereocenters. The van der Waals surface area contributed by atoms with Crippen LogP contribution in [-0.2, 0) is 0 Å². The fraction of sp³-hybridized carbons (Fsp3) is 0.583. The number of nitrogens with zero attached hydrogens (tertiary/aromatic N) is 1. The highest BCUT2D eigenvalue weighted by Crippen LogP contribution is 2.45. The standard InChI is InChI=1S/C12H17N3/c1-8(15-11-6-13-14-7-11)12-5-9-2-3-10(12)4-9/h2-3,6-10,12,15H,4-5H2,1H3,(H,13,14). The van der Waals surface area contributed by atoms with E-state index in [0.29, 0.717) is 6.04 Å². The second-order valence-corrected chi connectivity index (χ2v) is 4.86. The van der Waals surface area contributed by atoms with Gasteiger partial charge in [-0.1, -0.05) is 12.2 Å². The van der Waals surface area contributed by atoms with E-state index in [2.05, 4.69) is 34.6 Å². The van der Waals surface area contributed by atoms with E-state index in [4.69, 9.17) is 0 Å². The van der Waals surface area contributed by atoms with Crippen molar-refractivity contribution in [2.45, 2.75) is 25.8 Å². The lowest BCUT2D eigenvalue weighted by Crippen LogP contribution is -2.28. The molecule has 0 spiro atoms. The van der Waals surface area contributed by atoms with Gasteiger partial charge in [0.15, 0.2) is 0 Å². The minimum atomic E-state index is 0.544. The fourth-order valence-electron chi connectivity index (χ4n) is 3.10. The Morgan fingerprint density at radius 2 is 2.40 bits per heavy atom. The summed E-state index contributed by atoms with van der Waals surface area (Å²) in [6, 6.07) is 0.544. The summed E-state index contributed by atoms with van der Waals surface area (Å²) < 4.78 is 0. The van der Waals surface area contributed by atoms with Gasteiger partial charge < -0.3 is 5.32 Å². The normalized spacial score (nSPS) is 34.6. The van der Waals surface area contributed by atoms with Gasteiger partial charge in [-0.25, -0.2) is 0 Å². The highest BCUT2D eigenvalue weighted by Gasteiger charge is 2.38. The highest BCUT2D eigenvalue weighted by molar-refractivity contribution is 5.39. The van der Waals surface area contributed by atoms with Crippen molar-refractivity contribution in [3.05, 3.63) is 24.5 Å². The molecule has 15 heavy (non-hydrogen) atoms. The minimum absolute atomic E-state index is 0.544. The molecule has 1 heterocycles. The van der Waals surface area contributed by atoms with Gasteiger partial charge in [0.05, 0.1) is 11.9 Å². The van der Waals surface area contributed by atoms with E-state index < -0.39 is 0 Å². The Morgan fingerprint density at radius 1 is 1.47 bits per heavy atom. The first-order chi connectivity index (χ1) is 7.33. The first kappa shape index (κ1) is 9.01. The molecule has 1 fully saturated rings. The van der Waals surface area contributed by atoms with Gasteiger partial charge in [-0.05, 0) is 37.5 Å². The molecule has 2 N–H and O–H groups in total. The Bertz CT molecular complexity index is 355. The van der Waals surface area contributed by atoms with Gasteiger partial charge in [0.2, 0.25) is 0 Å². The molecule has 3 heteroatoms. The van der Waals surface area contributed by atoms with E-state index >= 15 is 0 Å². The summed E-state index contributed by atoms with van der Waals surface area (Å²) in [5.74, 6) is 2.47. The van der Waals surface area contributed by atoms with E-state index in [1.54, 1.807) is 0 Å². The molecule has 3 rings (SSSR count). The van der Waals surface area contributed by atoms with E-state index in [9.17, 15) is 0 Å². The number of nitrogens with one attached hydrogen (secondary N) is 2. The predicted molar refractivity (Wildman–Crippen MR) is 60.5 cm³/mol. The number of aromatic amines is 1. The molecule has 0 aliphatic heterocycles. The zero-order valence-corrected chi connectivity index (χ0v) is 8.98. The summed E-state index contributed by atoms with van der Waals surface area (Å²) in [5.41, 5.74) is 1.11. The van der Waals surface area contributed by atoms with Crippen LogP contribution in [0.3, 0.4) is 0 Å². The van der Waals surface area contributed by atoms with Gasteiger partial charge in [0, 0.05) is 12.2 Å². The van der Waals surface area contributed by atoms with Crippen molar-refractivity contribution in [3.63, 3.8) is 0 Å². The van der Waals surface area contributed by atoms with E-state index in [1.807, 2.05) is 12.4 Å². The van der Waals surface area contributed by atoms with Crippen LogP contribution in [0.1, 0.15) is 19.8 Å². The summed E-state index contributed by atoms with van der Waals surface area (Å²) in [5, 5.41) is 10.3. The number of allylic oxidation sites excluding steroid dienone is 2. The molecule has 1 aromatic rings. The SMILES string of the molecule is CC(Nc1cn[nH]c1)C1CC2C=CC1C2. The van der Waals surface area contributed by atoms with Crippen molar-refractivity contribution in [1.29, 1.82) is 0 Å². The number of aromatic nitrogens is 2. The Labute approximate surface area is 90.0 Å². The Morgan fingerprint density at radius 3 is 3.00 bits per heavy atom. The molecule has 2 bridgehead atoms. The molecule has 2 aliphatic carbocycles. The second-order valence-electron chi connectivity index (χ2n) is 4.86. The Kier molecular flexibility index (Phi) is 2.04. The van der Waals surface area contributed by atoms with Crippen LogP contribution in [0.25, 0.3) is 0 Å². The maximum atomic E-state index is 3.95. The van der Waals surface area contributed by atoms with Gasteiger partial charge in [-0.15, -0.1) is 0 Å². The van der Waals surface area contributed by atoms with Crippen LogP contribution in [0.15, 0.2) is 24.5 Å². The van der Waals surface area contributed by atoms with Crippen LogP contribution in [0.2, 0.25) is 0 Å². The molecular weight excluding hydrogens is 186 g/mol.